The van der Waals surface area contributed by atoms with E-state index in [9.17, 15) is 9.59 Å². The Kier molecular flexibility index (Phi) is 3.59. The number of hydrogen-bond donors (Lipinski definition) is 3. The second kappa shape index (κ2) is 4.95. The van der Waals surface area contributed by atoms with Gasteiger partial charge in [-0.05, 0) is 6.42 Å². The van der Waals surface area contributed by atoms with E-state index in [0.717, 1.165) is 0 Å². The van der Waals surface area contributed by atoms with Gasteiger partial charge >= 0.3 is 0 Å². The van der Waals surface area contributed by atoms with E-state index in [1.807, 2.05) is 0 Å². The number of nitrogens with zero attached hydrogens (tertiary/aromatic N) is 2. The van der Waals surface area contributed by atoms with Gasteiger partial charge in [-0.3, -0.25) is 14.7 Å². The summed E-state index contributed by atoms with van der Waals surface area (Å²) in [6.45, 7) is 0.391. The number of H-pyrrole nitrogens is 1. The van der Waals surface area contributed by atoms with Gasteiger partial charge in [0.25, 0.3) is 5.91 Å². The molecule has 0 saturated heterocycles. The van der Waals surface area contributed by atoms with Crippen molar-refractivity contribution in [2.75, 3.05) is 6.54 Å². The van der Waals surface area contributed by atoms with Gasteiger partial charge < -0.3 is 11.1 Å². The number of aromatic nitrogens is 3. The average molecular weight is 197 g/mol. The van der Waals surface area contributed by atoms with Crippen LogP contribution in [0.5, 0.6) is 0 Å². The Morgan fingerprint density at radius 3 is 2.93 bits per heavy atom. The Hall–Kier alpha value is -1.92. The molecule has 0 aliphatic rings. The van der Waals surface area contributed by atoms with Gasteiger partial charge in [0.2, 0.25) is 11.7 Å². The van der Waals surface area contributed by atoms with Crippen LogP contribution in [0.4, 0.5) is 0 Å². The highest BCUT2D eigenvalue weighted by molar-refractivity contribution is 5.90. The van der Waals surface area contributed by atoms with E-state index in [1.54, 1.807) is 0 Å². The number of nitrogens with two attached hydrogens (primary N) is 1. The third-order valence-electron chi connectivity index (χ3n) is 1.52. The number of hydrogen-bond acceptors (Lipinski definition) is 4. The normalized spacial score (nSPS) is 9.71. The Labute approximate surface area is 80.1 Å². The first-order chi connectivity index (χ1) is 6.70. The molecule has 0 spiro atoms. The molecule has 1 rings (SSSR count). The van der Waals surface area contributed by atoms with Crippen LogP contribution in [-0.4, -0.2) is 33.5 Å². The quantitative estimate of drug-likeness (QED) is 0.514. The van der Waals surface area contributed by atoms with Crippen molar-refractivity contribution in [3.05, 3.63) is 12.2 Å². The standard InChI is InChI=1S/C7H11N5O2/c8-5(13)2-1-3-9-7(14)6-10-4-11-12-6/h4H,1-3H2,(H2,8,13)(H,9,14)(H,10,11,12). The van der Waals surface area contributed by atoms with Crippen molar-refractivity contribution in [3.63, 3.8) is 0 Å². The van der Waals surface area contributed by atoms with Crippen LogP contribution >= 0.6 is 0 Å². The Morgan fingerprint density at radius 1 is 1.57 bits per heavy atom. The fourth-order valence-corrected chi connectivity index (χ4v) is 0.863. The fourth-order valence-electron chi connectivity index (χ4n) is 0.863. The highest BCUT2D eigenvalue weighted by Gasteiger charge is 2.06. The zero-order valence-corrected chi connectivity index (χ0v) is 7.49. The molecule has 0 radical (unpaired) electrons. The molecule has 14 heavy (non-hydrogen) atoms. The molecule has 0 bridgehead atoms. The lowest BCUT2D eigenvalue weighted by Gasteiger charge is -2.00. The van der Waals surface area contributed by atoms with Gasteiger partial charge in [0.05, 0.1) is 0 Å². The summed E-state index contributed by atoms with van der Waals surface area (Å²) in [6.07, 6.45) is 2.03. The molecule has 7 heteroatoms. The predicted octanol–water partition coefficient (Wildman–Crippen LogP) is -1.20. The minimum atomic E-state index is -0.376. The maximum atomic E-state index is 11.2. The molecule has 1 aromatic rings. The van der Waals surface area contributed by atoms with Crippen molar-refractivity contribution in [1.29, 1.82) is 0 Å². The zero-order valence-electron chi connectivity index (χ0n) is 7.49. The smallest absolute Gasteiger partial charge is 0.288 e. The average Bonchev–Trinajstić information content (AvgIpc) is 2.64. The van der Waals surface area contributed by atoms with Gasteiger partial charge in [0.1, 0.15) is 6.33 Å². The monoisotopic (exact) mass is 197 g/mol. The van der Waals surface area contributed by atoms with Crippen molar-refractivity contribution in [2.45, 2.75) is 12.8 Å². The van der Waals surface area contributed by atoms with E-state index in [2.05, 4.69) is 20.5 Å². The SMILES string of the molecule is NC(=O)CCCNC(=O)c1ncn[nH]1. The van der Waals surface area contributed by atoms with Crippen LogP contribution in [0, 0.1) is 0 Å². The summed E-state index contributed by atoms with van der Waals surface area (Å²) in [7, 11) is 0. The van der Waals surface area contributed by atoms with Gasteiger partial charge in [-0.25, -0.2) is 4.98 Å². The van der Waals surface area contributed by atoms with E-state index >= 15 is 0 Å². The van der Waals surface area contributed by atoms with Gasteiger partial charge in [-0.1, -0.05) is 0 Å². The summed E-state index contributed by atoms with van der Waals surface area (Å²) < 4.78 is 0. The van der Waals surface area contributed by atoms with E-state index in [1.165, 1.54) is 6.33 Å². The topological polar surface area (TPSA) is 114 Å². The molecule has 0 aliphatic carbocycles. The Balaban J connectivity index is 2.19. The van der Waals surface area contributed by atoms with Crippen LogP contribution in [0.25, 0.3) is 0 Å². The van der Waals surface area contributed by atoms with E-state index in [-0.39, 0.29) is 24.1 Å². The number of amides is 2. The molecular formula is C7H11N5O2. The van der Waals surface area contributed by atoms with E-state index in [0.29, 0.717) is 13.0 Å². The molecule has 0 aliphatic heterocycles. The third-order valence-corrected chi connectivity index (χ3v) is 1.52. The zero-order chi connectivity index (χ0) is 10.4. The number of carbonyl (C=O) groups is 2. The van der Waals surface area contributed by atoms with Crippen molar-refractivity contribution in [3.8, 4) is 0 Å². The fraction of sp³-hybridized carbons (Fsp3) is 0.429. The van der Waals surface area contributed by atoms with Crippen LogP contribution in [0.2, 0.25) is 0 Å². The molecule has 0 fully saturated rings. The summed E-state index contributed by atoms with van der Waals surface area (Å²) in [5.41, 5.74) is 4.92. The van der Waals surface area contributed by atoms with Crippen molar-refractivity contribution >= 4 is 11.8 Å². The van der Waals surface area contributed by atoms with Crippen LogP contribution < -0.4 is 11.1 Å². The lowest BCUT2D eigenvalue weighted by atomic mass is 10.3. The number of primary amides is 1. The second-order valence-electron chi connectivity index (χ2n) is 2.66. The maximum Gasteiger partial charge on any atom is 0.288 e. The Morgan fingerprint density at radius 2 is 2.36 bits per heavy atom. The highest BCUT2D eigenvalue weighted by atomic mass is 16.2. The lowest BCUT2D eigenvalue weighted by molar-refractivity contribution is -0.118. The molecule has 1 heterocycles. The van der Waals surface area contributed by atoms with E-state index < -0.39 is 0 Å². The van der Waals surface area contributed by atoms with Gasteiger partial charge in [-0.2, -0.15) is 5.10 Å². The van der Waals surface area contributed by atoms with Crippen molar-refractivity contribution < 1.29 is 9.59 Å². The molecule has 0 saturated carbocycles. The van der Waals surface area contributed by atoms with Crippen molar-refractivity contribution in [2.24, 2.45) is 5.73 Å². The number of carbonyl (C=O) groups excluding carboxylic acids is 2. The molecule has 1 aromatic heterocycles. The number of nitrogens with one attached hydrogen (secondary N) is 2. The van der Waals surface area contributed by atoms with Crippen LogP contribution in [-0.2, 0) is 4.79 Å². The minimum absolute atomic E-state index is 0.157. The minimum Gasteiger partial charge on any atom is -0.370 e. The van der Waals surface area contributed by atoms with Crippen LogP contribution in [0.3, 0.4) is 0 Å². The maximum absolute atomic E-state index is 11.2. The van der Waals surface area contributed by atoms with Crippen LogP contribution in [0.1, 0.15) is 23.5 Å². The second-order valence-corrected chi connectivity index (χ2v) is 2.66. The molecule has 7 nitrogen and oxygen atoms in total. The lowest BCUT2D eigenvalue weighted by Crippen LogP contribution is -2.26. The molecule has 0 atom stereocenters. The largest absolute Gasteiger partial charge is 0.370 e. The summed E-state index contributed by atoms with van der Waals surface area (Å²) in [6, 6.07) is 0. The van der Waals surface area contributed by atoms with Gasteiger partial charge in [-0.15, -0.1) is 0 Å². The van der Waals surface area contributed by atoms with Crippen LogP contribution in [0.15, 0.2) is 6.33 Å². The summed E-state index contributed by atoms with van der Waals surface area (Å²) >= 11 is 0. The van der Waals surface area contributed by atoms with Gasteiger partial charge in [0.15, 0.2) is 0 Å². The van der Waals surface area contributed by atoms with Crippen molar-refractivity contribution in [1.82, 2.24) is 20.5 Å². The summed E-state index contributed by atoms with van der Waals surface area (Å²) in [5.74, 6) is -0.560. The predicted molar refractivity (Wildman–Crippen MR) is 47.1 cm³/mol. The number of rotatable bonds is 5. The summed E-state index contributed by atoms with van der Waals surface area (Å²) in [4.78, 5) is 25.2. The molecular weight excluding hydrogens is 186 g/mol. The first-order valence-electron chi connectivity index (χ1n) is 4.12. The molecule has 4 N–H and O–H groups in total. The summed E-state index contributed by atoms with van der Waals surface area (Å²) in [5, 5.41) is 8.51. The number of aromatic amines is 1. The molecule has 76 valence electrons. The first kappa shape index (κ1) is 10.2. The third kappa shape index (κ3) is 3.21. The molecule has 0 unspecified atom stereocenters. The molecule has 2 amide bonds. The van der Waals surface area contributed by atoms with E-state index in [4.69, 9.17) is 5.73 Å². The highest BCUT2D eigenvalue weighted by Crippen LogP contribution is 1.88. The first-order valence-corrected chi connectivity index (χ1v) is 4.12. The molecule has 0 aromatic carbocycles. The Bertz CT molecular complexity index is 308. The van der Waals surface area contributed by atoms with Gasteiger partial charge in [0, 0.05) is 13.0 Å².